The molecule has 34 heavy (non-hydrogen) atoms. The molecule has 2 rings (SSSR count). The van der Waals surface area contributed by atoms with E-state index >= 15 is 0 Å². The minimum absolute atomic E-state index is 0.0547. The van der Waals surface area contributed by atoms with Crippen molar-refractivity contribution in [2.45, 2.75) is 13.8 Å². The molecule has 0 fully saturated rings. The van der Waals surface area contributed by atoms with Crippen molar-refractivity contribution < 1.29 is 19.7 Å². The molecule has 16 heteroatoms. The lowest BCUT2D eigenvalue weighted by atomic mass is 10.2. The number of hydrogen-bond donors (Lipinski definition) is 2. The summed E-state index contributed by atoms with van der Waals surface area (Å²) in [5.41, 5.74) is 3.59. The van der Waals surface area contributed by atoms with Gasteiger partial charge >= 0.3 is 11.4 Å². The van der Waals surface area contributed by atoms with Gasteiger partial charge in [-0.1, -0.05) is 0 Å². The molecule has 0 aromatic heterocycles. The Morgan fingerprint density at radius 1 is 0.676 bits per heavy atom. The fourth-order valence-electron chi connectivity index (χ4n) is 2.37. The van der Waals surface area contributed by atoms with Crippen molar-refractivity contribution in [3.05, 3.63) is 89.0 Å². The highest BCUT2D eigenvalue weighted by molar-refractivity contribution is 6.02. The summed E-state index contributed by atoms with van der Waals surface area (Å²) in [6.07, 6.45) is 2.96. The number of nitro groups is 4. The number of anilines is 2. The van der Waals surface area contributed by atoms with Gasteiger partial charge in [0.25, 0.3) is 11.4 Å². The van der Waals surface area contributed by atoms with Crippen molar-refractivity contribution in [3.63, 3.8) is 0 Å². The van der Waals surface area contributed by atoms with Gasteiger partial charge in [-0.3, -0.25) is 51.3 Å². The van der Waals surface area contributed by atoms with Gasteiger partial charge in [0.1, 0.15) is 11.4 Å². The molecule has 0 spiro atoms. The van der Waals surface area contributed by atoms with E-state index in [0.717, 1.165) is 36.4 Å². The first kappa shape index (κ1) is 25.0. The molecule has 0 saturated heterocycles. The maximum absolute atomic E-state index is 11.1. The molecule has 2 aromatic carbocycles. The van der Waals surface area contributed by atoms with Gasteiger partial charge in [-0.25, -0.2) is 0 Å². The third kappa shape index (κ3) is 6.61. The summed E-state index contributed by atoms with van der Waals surface area (Å²) < 4.78 is 0. The van der Waals surface area contributed by atoms with Gasteiger partial charge in [0.05, 0.1) is 43.2 Å². The van der Waals surface area contributed by atoms with Gasteiger partial charge < -0.3 is 0 Å². The summed E-state index contributed by atoms with van der Waals surface area (Å²) in [4.78, 5) is 40.8. The van der Waals surface area contributed by atoms with E-state index in [1.54, 1.807) is 13.8 Å². The van der Waals surface area contributed by atoms with Crippen molar-refractivity contribution >= 4 is 45.5 Å². The second-order valence-corrected chi connectivity index (χ2v) is 6.49. The number of hydrogen-bond acceptors (Lipinski definition) is 12. The minimum atomic E-state index is -0.782. The number of nitrogens with one attached hydrogen (secondary N) is 2. The first-order chi connectivity index (χ1) is 16.0. The smallest absolute Gasteiger partial charge is 0.271 e. The van der Waals surface area contributed by atoms with Crippen LogP contribution in [0.4, 0.5) is 34.1 Å². The second kappa shape index (κ2) is 10.8. The molecule has 0 amide bonds. The number of nitrogens with zero attached hydrogens (tertiary/aromatic N) is 6. The van der Waals surface area contributed by atoms with Gasteiger partial charge in [-0.2, -0.15) is 10.2 Å². The van der Waals surface area contributed by atoms with Gasteiger partial charge in [-0.15, -0.1) is 0 Å². The Kier molecular flexibility index (Phi) is 7.97. The van der Waals surface area contributed by atoms with E-state index in [1.165, 1.54) is 12.2 Å². The van der Waals surface area contributed by atoms with Gasteiger partial charge in [0, 0.05) is 12.1 Å². The summed E-state index contributed by atoms with van der Waals surface area (Å²) in [5.74, 6) is 0. The lowest BCUT2D eigenvalue weighted by Gasteiger charge is -2.03. The second-order valence-electron chi connectivity index (χ2n) is 6.49. The van der Waals surface area contributed by atoms with Crippen molar-refractivity contribution in [1.82, 2.24) is 0 Å². The van der Waals surface area contributed by atoms with Crippen LogP contribution in [-0.4, -0.2) is 31.1 Å². The van der Waals surface area contributed by atoms with Crippen LogP contribution in [0.1, 0.15) is 13.8 Å². The Morgan fingerprint density at radius 2 is 1.03 bits per heavy atom. The Hall–Kier alpha value is -5.28. The average Bonchev–Trinajstić information content (AvgIpc) is 2.79. The van der Waals surface area contributed by atoms with Crippen LogP contribution in [0.3, 0.4) is 0 Å². The number of benzene rings is 2. The average molecular weight is 472 g/mol. The minimum Gasteiger partial charge on any atom is -0.271 e. The molecule has 0 atom stereocenters. The number of rotatable bonds is 10. The van der Waals surface area contributed by atoms with E-state index in [0.29, 0.717) is 11.4 Å². The third-order valence-corrected chi connectivity index (χ3v) is 4.05. The molecule has 0 heterocycles. The largest absolute Gasteiger partial charge is 0.301 e. The molecule has 0 aliphatic rings. The number of allylic oxidation sites excluding steroid dienone is 2. The SMILES string of the molecule is CC(/C=C/C(C)=N/Nc1ccc([N+](=O)[O-])cc1[N+](=O)[O-])=N\Nc1ccc([N+](=O)[O-])cc1[N+](=O)[O-]. The molecule has 0 radical (unpaired) electrons. The van der Waals surface area contributed by atoms with Crippen LogP contribution in [0.25, 0.3) is 0 Å². The first-order valence-corrected chi connectivity index (χ1v) is 9.14. The lowest BCUT2D eigenvalue weighted by molar-refractivity contribution is -0.393. The Labute approximate surface area is 189 Å². The van der Waals surface area contributed by atoms with Gasteiger partial charge in [0.15, 0.2) is 0 Å². The first-order valence-electron chi connectivity index (χ1n) is 9.14. The molecule has 16 nitrogen and oxygen atoms in total. The predicted octanol–water partition coefficient (Wildman–Crippen LogP) is 4.15. The molecule has 0 bridgehead atoms. The summed E-state index contributed by atoms with van der Waals surface area (Å²) in [6.45, 7) is 3.12. The number of non-ortho nitro benzene ring substituents is 2. The fraction of sp³-hybridized carbons (Fsp3) is 0.111. The Balaban J connectivity index is 2.12. The van der Waals surface area contributed by atoms with Crippen LogP contribution in [0.15, 0.2) is 58.8 Å². The summed E-state index contributed by atoms with van der Waals surface area (Å²) >= 11 is 0. The van der Waals surface area contributed by atoms with Crippen LogP contribution in [0, 0.1) is 40.5 Å². The van der Waals surface area contributed by atoms with Crippen LogP contribution >= 0.6 is 0 Å². The highest BCUT2D eigenvalue weighted by Gasteiger charge is 2.20. The summed E-state index contributed by atoms with van der Waals surface area (Å²) in [6, 6.07) is 6.12. The van der Waals surface area contributed by atoms with E-state index < -0.39 is 42.4 Å². The highest BCUT2D eigenvalue weighted by Crippen LogP contribution is 2.30. The van der Waals surface area contributed by atoms with E-state index in [2.05, 4.69) is 21.1 Å². The zero-order valence-electron chi connectivity index (χ0n) is 17.6. The third-order valence-electron chi connectivity index (χ3n) is 4.05. The monoisotopic (exact) mass is 472 g/mol. The van der Waals surface area contributed by atoms with E-state index in [9.17, 15) is 40.5 Å². The molecule has 0 unspecified atom stereocenters. The fourth-order valence-corrected chi connectivity index (χ4v) is 2.37. The molecule has 0 aliphatic heterocycles. The molecular weight excluding hydrogens is 456 g/mol. The lowest BCUT2D eigenvalue weighted by Crippen LogP contribution is -2.01. The van der Waals surface area contributed by atoms with Crippen molar-refractivity contribution in [1.29, 1.82) is 0 Å². The van der Waals surface area contributed by atoms with Crippen LogP contribution in [-0.2, 0) is 0 Å². The zero-order valence-corrected chi connectivity index (χ0v) is 17.6. The summed E-state index contributed by atoms with van der Waals surface area (Å²) in [7, 11) is 0. The Bertz CT molecular complexity index is 1160. The number of hydrazone groups is 2. The molecule has 2 N–H and O–H groups in total. The maximum Gasteiger partial charge on any atom is 0.301 e. The highest BCUT2D eigenvalue weighted by atomic mass is 16.6. The van der Waals surface area contributed by atoms with E-state index in [4.69, 9.17) is 0 Å². The van der Waals surface area contributed by atoms with Crippen molar-refractivity contribution in [3.8, 4) is 0 Å². The molecule has 176 valence electrons. The van der Waals surface area contributed by atoms with Crippen molar-refractivity contribution in [2.24, 2.45) is 10.2 Å². The standard InChI is InChI=1S/C18H16N8O8/c1-11(19-21-15-7-5-13(23(27)28)9-17(15)25(31)32)3-4-12(2)20-22-16-8-6-14(24(29)30)10-18(16)26(33)34/h3-10,21-22H,1-2H3/b4-3+,19-11+,20-12+. The van der Waals surface area contributed by atoms with Gasteiger partial charge in [0.2, 0.25) is 0 Å². The molecular formula is C18H16N8O8. The molecule has 2 aromatic rings. The zero-order chi connectivity index (χ0) is 25.4. The van der Waals surface area contributed by atoms with Crippen LogP contribution in [0.5, 0.6) is 0 Å². The number of nitro benzene ring substituents is 4. The molecule has 0 saturated carbocycles. The van der Waals surface area contributed by atoms with Crippen LogP contribution < -0.4 is 10.9 Å². The Morgan fingerprint density at radius 3 is 1.32 bits per heavy atom. The predicted molar refractivity (Wildman–Crippen MR) is 122 cm³/mol. The quantitative estimate of drug-likeness (QED) is 0.285. The van der Waals surface area contributed by atoms with E-state index in [1.807, 2.05) is 0 Å². The van der Waals surface area contributed by atoms with E-state index in [-0.39, 0.29) is 11.4 Å². The normalized spacial score (nSPS) is 11.8. The topological polar surface area (TPSA) is 221 Å². The van der Waals surface area contributed by atoms with Crippen LogP contribution in [0.2, 0.25) is 0 Å². The van der Waals surface area contributed by atoms with Crippen molar-refractivity contribution in [2.75, 3.05) is 10.9 Å². The molecule has 0 aliphatic carbocycles. The summed E-state index contributed by atoms with van der Waals surface area (Å²) in [5, 5.41) is 51.8. The maximum atomic E-state index is 11.1. The van der Waals surface area contributed by atoms with Gasteiger partial charge in [-0.05, 0) is 38.1 Å².